The molecule has 0 amide bonds. The van der Waals surface area contributed by atoms with Gasteiger partial charge in [-0.15, -0.1) is 0 Å². The van der Waals surface area contributed by atoms with E-state index in [1.54, 1.807) is 18.2 Å². The molecule has 25 heavy (non-hydrogen) atoms. The van der Waals surface area contributed by atoms with Crippen LogP contribution in [-0.4, -0.2) is 53.0 Å². The Balaban J connectivity index is 1.96. The molecular formula is C15H16Cl2N6O2. The van der Waals surface area contributed by atoms with Gasteiger partial charge in [-0.2, -0.15) is 0 Å². The zero-order valence-electron chi connectivity index (χ0n) is 13.4. The Morgan fingerprint density at radius 3 is 2.56 bits per heavy atom. The van der Waals surface area contributed by atoms with Crippen LogP contribution < -0.4 is 10.2 Å². The predicted molar refractivity (Wildman–Crippen MR) is 98.1 cm³/mol. The molecule has 10 heteroatoms. The lowest BCUT2D eigenvalue weighted by atomic mass is 10.3. The molecule has 1 aliphatic rings. The highest BCUT2D eigenvalue weighted by Gasteiger charge is 2.29. The lowest BCUT2D eigenvalue weighted by Crippen LogP contribution is -2.45. The van der Waals surface area contributed by atoms with Gasteiger partial charge in [0, 0.05) is 31.2 Å². The molecule has 2 aromatic rings. The molecule has 8 nitrogen and oxygen atoms in total. The van der Waals surface area contributed by atoms with E-state index in [2.05, 4.69) is 20.2 Å². The fourth-order valence-corrected chi connectivity index (χ4v) is 3.05. The Hall–Kier alpha value is -2.16. The van der Waals surface area contributed by atoms with Crippen molar-refractivity contribution in [2.24, 2.45) is 0 Å². The monoisotopic (exact) mass is 382 g/mol. The second-order valence-electron chi connectivity index (χ2n) is 5.69. The topological polar surface area (TPSA) is 87.4 Å². The number of benzene rings is 1. The van der Waals surface area contributed by atoms with E-state index in [0.717, 1.165) is 13.1 Å². The average molecular weight is 383 g/mol. The van der Waals surface area contributed by atoms with Crippen molar-refractivity contribution in [3.05, 3.63) is 44.7 Å². The van der Waals surface area contributed by atoms with Crippen LogP contribution in [0.5, 0.6) is 0 Å². The van der Waals surface area contributed by atoms with Crippen molar-refractivity contribution < 1.29 is 4.92 Å². The summed E-state index contributed by atoms with van der Waals surface area (Å²) >= 11 is 12.0. The molecule has 0 saturated carbocycles. The van der Waals surface area contributed by atoms with Gasteiger partial charge in [-0.25, -0.2) is 9.97 Å². The van der Waals surface area contributed by atoms with Crippen molar-refractivity contribution in [1.29, 1.82) is 0 Å². The van der Waals surface area contributed by atoms with E-state index in [-0.39, 0.29) is 11.5 Å². The molecule has 132 valence electrons. The second kappa shape index (κ2) is 7.38. The highest BCUT2D eigenvalue weighted by molar-refractivity contribution is 6.36. The van der Waals surface area contributed by atoms with Crippen LogP contribution in [0.15, 0.2) is 24.5 Å². The van der Waals surface area contributed by atoms with E-state index in [1.807, 2.05) is 11.9 Å². The first-order chi connectivity index (χ1) is 12.0. The van der Waals surface area contributed by atoms with E-state index in [1.165, 1.54) is 6.33 Å². The SMILES string of the molecule is CN1CCN(c2ncnc(Nc3ccc(Cl)cc3Cl)c2[N+](=O)[O-])CC1. The number of hydrogen-bond donors (Lipinski definition) is 1. The Morgan fingerprint density at radius 2 is 1.92 bits per heavy atom. The van der Waals surface area contributed by atoms with Gasteiger partial charge in [-0.05, 0) is 25.2 Å². The van der Waals surface area contributed by atoms with Crippen LogP contribution in [0.4, 0.5) is 23.0 Å². The quantitative estimate of drug-likeness (QED) is 0.641. The molecule has 3 rings (SSSR count). The van der Waals surface area contributed by atoms with Crippen LogP contribution in [0.3, 0.4) is 0 Å². The van der Waals surface area contributed by atoms with Crippen LogP contribution in [0.2, 0.25) is 10.0 Å². The lowest BCUT2D eigenvalue weighted by molar-refractivity contribution is -0.383. The van der Waals surface area contributed by atoms with E-state index < -0.39 is 4.92 Å². The van der Waals surface area contributed by atoms with Gasteiger partial charge in [0.1, 0.15) is 6.33 Å². The van der Waals surface area contributed by atoms with Crippen molar-refractivity contribution >= 4 is 46.2 Å². The molecule has 0 atom stereocenters. The molecule has 1 aliphatic heterocycles. The lowest BCUT2D eigenvalue weighted by Gasteiger charge is -2.32. The molecular weight excluding hydrogens is 367 g/mol. The number of halogens is 2. The van der Waals surface area contributed by atoms with Gasteiger partial charge in [0.05, 0.1) is 15.6 Å². The fourth-order valence-electron chi connectivity index (χ4n) is 2.60. The minimum Gasteiger partial charge on any atom is -0.348 e. The molecule has 1 N–H and O–H groups in total. The van der Waals surface area contributed by atoms with E-state index in [9.17, 15) is 10.1 Å². The third-order valence-electron chi connectivity index (χ3n) is 3.97. The highest BCUT2D eigenvalue weighted by atomic mass is 35.5. The average Bonchev–Trinajstić information content (AvgIpc) is 2.57. The first kappa shape index (κ1) is 17.7. The molecule has 1 aromatic heterocycles. The summed E-state index contributed by atoms with van der Waals surface area (Å²) < 4.78 is 0. The first-order valence-corrected chi connectivity index (χ1v) is 8.36. The number of likely N-dealkylation sites (N-methyl/N-ethyl adjacent to an activating group) is 1. The minimum absolute atomic E-state index is 0.0955. The van der Waals surface area contributed by atoms with Crippen molar-refractivity contribution in [3.8, 4) is 0 Å². The van der Waals surface area contributed by atoms with Crippen LogP contribution in [0.25, 0.3) is 0 Å². The maximum absolute atomic E-state index is 11.7. The van der Waals surface area contributed by atoms with Crippen LogP contribution in [-0.2, 0) is 0 Å². The molecule has 0 spiro atoms. The van der Waals surface area contributed by atoms with Gasteiger partial charge in [-0.1, -0.05) is 23.2 Å². The predicted octanol–water partition coefficient (Wildman–Crippen LogP) is 3.19. The Morgan fingerprint density at radius 1 is 1.20 bits per heavy atom. The zero-order valence-corrected chi connectivity index (χ0v) is 15.0. The largest absolute Gasteiger partial charge is 0.353 e. The number of anilines is 3. The van der Waals surface area contributed by atoms with Gasteiger partial charge in [0.25, 0.3) is 0 Å². The molecule has 1 saturated heterocycles. The zero-order chi connectivity index (χ0) is 18.0. The van der Waals surface area contributed by atoms with Crippen molar-refractivity contribution in [2.45, 2.75) is 0 Å². The van der Waals surface area contributed by atoms with E-state index in [0.29, 0.717) is 34.6 Å². The maximum atomic E-state index is 11.7. The smallest absolute Gasteiger partial charge is 0.348 e. The van der Waals surface area contributed by atoms with E-state index in [4.69, 9.17) is 23.2 Å². The van der Waals surface area contributed by atoms with Gasteiger partial charge >= 0.3 is 5.69 Å². The molecule has 0 unspecified atom stereocenters. The Labute approximate surface area is 154 Å². The van der Waals surface area contributed by atoms with Crippen molar-refractivity contribution in [1.82, 2.24) is 14.9 Å². The number of piperazine rings is 1. The highest BCUT2D eigenvalue weighted by Crippen LogP contribution is 2.36. The third kappa shape index (κ3) is 3.92. The standard InChI is InChI=1S/C15H16Cl2N6O2/c1-21-4-6-22(7-5-21)15-13(23(24)25)14(18-9-19-15)20-12-3-2-10(16)8-11(12)17/h2-3,8-9H,4-7H2,1H3,(H,18,19,20). The summed E-state index contributed by atoms with van der Waals surface area (Å²) in [7, 11) is 2.02. The summed E-state index contributed by atoms with van der Waals surface area (Å²) in [6.07, 6.45) is 1.31. The first-order valence-electron chi connectivity index (χ1n) is 7.60. The van der Waals surface area contributed by atoms with Gasteiger partial charge in [0.2, 0.25) is 11.6 Å². The van der Waals surface area contributed by atoms with Crippen LogP contribution in [0, 0.1) is 10.1 Å². The summed E-state index contributed by atoms with van der Waals surface area (Å²) in [6.45, 7) is 2.95. The summed E-state index contributed by atoms with van der Waals surface area (Å²) in [5.41, 5.74) is 0.315. The summed E-state index contributed by atoms with van der Waals surface area (Å²) in [5, 5.41) is 15.4. The van der Waals surface area contributed by atoms with E-state index >= 15 is 0 Å². The third-order valence-corrected chi connectivity index (χ3v) is 4.52. The molecule has 0 bridgehead atoms. The molecule has 0 radical (unpaired) electrons. The number of nitro groups is 1. The summed E-state index contributed by atoms with van der Waals surface area (Å²) in [5.74, 6) is 0.402. The Bertz CT molecular complexity index is 796. The van der Waals surface area contributed by atoms with Gasteiger partial charge < -0.3 is 15.1 Å². The normalized spacial score (nSPS) is 15.2. The van der Waals surface area contributed by atoms with Crippen LogP contribution >= 0.6 is 23.2 Å². The van der Waals surface area contributed by atoms with Crippen molar-refractivity contribution in [2.75, 3.05) is 43.4 Å². The Kier molecular flexibility index (Phi) is 5.22. The molecule has 0 aliphatic carbocycles. The number of nitrogens with zero attached hydrogens (tertiary/aromatic N) is 5. The maximum Gasteiger partial charge on any atom is 0.353 e. The minimum atomic E-state index is -0.472. The number of hydrogen-bond acceptors (Lipinski definition) is 7. The van der Waals surface area contributed by atoms with Gasteiger partial charge in [0.15, 0.2) is 0 Å². The summed E-state index contributed by atoms with van der Waals surface area (Å²) in [4.78, 5) is 23.4. The number of aromatic nitrogens is 2. The molecule has 1 aromatic carbocycles. The number of rotatable bonds is 4. The molecule has 2 heterocycles. The van der Waals surface area contributed by atoms with Crippen LogP contribution in [0.1, 0.15) is 0 Å². The number of nitrogens with one attached hydrogen (secondary N) is 1. The van der Waals surface area contributed by atoms with Gasteiger partial charge in [-0.3, -0.25) is 10.1 Å². The molecule has 1 fully saturated rings. The second-order valence-corrected chi connectivity index (χ2v) is 6.53. The van der Waals surface area contributed by atoms with Crippen molar-refractivity contribution in [3.63, 3.8) is 0 Å². The summed E-state index contributed by atoms with van der Waals surface area (Å²) in [6, 6.07) is 4.84. The fraction of sp³-hybridized carbons (Fsp3) is 0.333.